The summed E-state index contributed by atoms with van der Waals surface area (Å²) in [4.78, 5) is 14.6. The van der Waals surface area contributed by atoms with E-state index in [1.54, 1.807) is 0 Å². The Hall–Kier alpha value is -1.39. The highest BCUT2D eigenvalue weighted by atomic mass is 16.1. The fourth-order valence-corrected chi connectivity index (χ4v) is 2.74. The van der Waals surface area contributed by atoms with Gasteiger partial charge in [0, 0.05) is 13.1 Å². The third-order valence-electron chi connectivity index (χ3n) is 3.70. The van der Waals surface area contributed by atoms with Crippen LogP contribution in [0.3, 0.4) is 0 Å². The van der Waals surface area contributed by atoms with Crippen molar-refractivity contribution < 1.29 is 4.79 Å². The van der Waals surface area contributed by atoms with Gasteiger partial charge in [-0.2, -0.15) is 0 Å². The van der Waals surface area contributed by atoms with Gasteiger partial charge in [0.05, 0.1) is 0 Å². The largest absolute Gasteiger partial charge is 0.368 e. The average molecular weight is 291 g/mol. The Kier molecular flexibility index (Phi) is 6.85. The molecule has 21 heavy (non-hydrogen) atoms. The van der Waals surface area contributed by atoms with Crippen molar-refractivity contribution in [3.63, 3.8) is 0 Å². The topological polar surface area (TPSA) is 58.4 Å². The van der Waals surface area contributed by atoms with Crippen molar-refractivity contribution in [2.24, 2.45) is 11.7 Å². The fourth-order valence-electron chi connectivity index (χ4n) is 2.74. The second-order valence-electron chi connectivity index (χ2n) is 5.89. The molecular weight excluding hydrogens is 262 g/mol. The zero-order valence-corrected chi connectivity index (χ0v) is 13.7. The predicted molar refractivity (Wildman–Crippen MR) is 87.9 cm³/mol. The van der Waals surface area contributed by atoms with Gasteiger partial charge in [-0.1, -0.05) is 58.0 Å². The number of nitrogens with zero attached hydrogens (tertiary/aromatic N) is 1. The number of hydrogen-bond acceptors (Lipinski definition) is 3. The van der Waals surface area contributed by atoms with Crippen molar-refractivity contribution >= 4 is 5.91 Å². The first-order valence-corrected chi connectivity index (χ1v) is 7.79. The molecule has 0 saturated carbocycles. The number of primary amides is 1. The van der Waals surface area contributed by atoms with E-state index in [4.69, 9.17) is 5.73 Å². The van der Waals surface area contributed by atoms with Gasteiger partial charge in [-0.3, -0.25) is 10.1 Å². The van der Waals surface area contributed by atoms with E-state index in [1.165, 1.54) is 0 Å². The molecule has 0 aliphatic heterocycles. The molecule has 0 aromatic heterocycles. The van der Waals surface area contributed by atoms with E-state index in [0.717, 1.165) is 18.7 Å². The molecule has 0 saturated heterocycles. The van der Waals surface area contributed by atoms with Crippen LogP contribution in [0.1, 0.15) is 33.3 Å². The molecule has 4 nitrogen and oxygen atoms in total. The van der Waals surface area contributed by atoms with Crippen LogP contribution in [-0.4, -0.2) is 37.0 Å². The van der Waals surface area contributed by atoms with Crippen LogP contribution >= 0.6 is 0 Å². The van der Waals surface area contributed by atoms with Crippen LogP contribution < -0.4 is 11.1 Å². The Bertz CT molecular complexity index is 433. The van der Waals surface area contributed by atoms with Gasteiger partial charge < -0.3 is 10.6 Å². The van der Waals surface area contributed by atoms with Gasteiger partial charge in [0.25, 0.3) is 0 Å². The minimum atomic E-state index is -0.832. The second-order valence-corrected chi connectivity index (χ2v) is 5.89. The van der Waals surface area contributed by atoms with Crippen molar-refractivity contribution in [3.8, 4) is 0 Å². The van der Waals surface area contributed by atoms with Crippen LogP contribution in [0.25, 0.3) is 0 Å². The van der Waals surface area contributed by atoms with Gasteiger partial charge in [-0.05, 0) is 24.6 Å². The summed E-state index contributed by atoms with van der Waals surface area (Å²) < 4.78 is 0. The van der Waals surface area contributed by atoms with E-state index in [9.17, 15) is 4.79 Å². The maximum absolute atomic E-state index is 12.3. The van der Waals surface area contributed by atoms with Crippen LogP contribution in [0.5, 0.6) is 0 Å². The smallest absolute Gasteiger partial charge is 0.243 e. The molecule has 118 valence electrons. The molecule has 0 aliphatic carbocycles. The molecule has 4 heteroatoms. The van der Waals surface area contributed by atoms with Crippen LogP contribution in [0.4, 0.5) is 0 Å². The molecule has 0 fully saturated rings. The third-order valence-corrected chi connectivity index (χ3v) is 3.70. The van der Waals surface area contributed by atoms with Crippen LogP contribution in [0, 0.1) is 5.92 Å². The Balaban J connectivity index is 3.14. The summed E-state index contributed by atoms with van der Waals surface area (Å²) in [6.45, 7) is 11.6. The lowest BCUT2D eigenvalue weighted by Crippen LogP contribution is -2.59. The normalized spacial score (nSPS) is 14.4. The number of amides is 1. The Morgan fingerprint density at radius 2 is 1.90 bits per heavy atom. The summed E-state index contributed by atoms with van der Waals surface area (Å²) >= 11 is 0. The van der Waals surface area contributed by atoms with Crippen molar-refractivity contribution in [1.82, 2.24) is 10.2 Å². The van der Waals surface area contributed by atoms with Crippen molar-refractivity contribution in [2.75, 3.05) is 26.2 Å². The zero-order valence-electron chi connectivity index (χ0n) is 13.7. The van der Waals surface area contributed by atoms with E-state index in [-0.39, 0.29) is 5.91 Å². The fraction of sp³-hybridized carbons (Fsp3) is 0.588. The van der Waals surface area contributed by atoms with Gasteiger partial charge in [-0.25, -0.2) is 0 Å². The molecule has 1 rings (SSSR count). The Labute approximate surface area is 128 Å². The molecule has 0 bridgehead atoms. The highest BCUT2D eigenvalue weighted by molar-refractivity contribution is 5.86. The summed E-state index contributed by atoms with van der Waals surface area (Å²) in [6.07, 6.45) is 0. The minimum Gasteiger partial charge on any atom is -0.368 e. The summed E-state index contributed by atoms with van der Waals surface area (Å²) in [5.41, 5.74) is 5.90. The van der Waals surface area contributed by atoms with E-state index in [0.29, 0.717) is 19.0 Å². The quantitative estimate of drug-likeness (QED) is 0.731. The van der Waals surface area contributed by atoms with Gasteiger partial charge in [-0.15, -0.1) is 0 Å². The highest BCUT2D eigenvalue weighted by Crippen LogP contribution is 2.23. The monoisotopic (exact) mass is 291 g/mol. The molecular formula is C17H29N3O. The molecule has 0 spiro atoms. The lowest BCUT2D eigenvalue weighted by molar-refractivity contribution is -0.125. The van der Waals surface area contributed by atoms with E-state index >= 15 is 0 Å². The number of nitrogens with two attached hydrogens (primary N) is 1. The first-order chi connectivity index (χ1) is 9.96. The minimum absolute atomic E-state index is 0.322. The van der Waals surface area contributed by atoms with Gasteiger partial charge in [0.2, 0.25) is 5.91 Å². The maximum atomic E-state index is 12.3. The second kappa shape index (κ2) is 8.15. The molecule has 3 N–H and O–H groups in total. The van der Waals surface area contributed by atoms with Crippen LogP contribution in [0.2, 0.25) is 0 Å². The van der Waals surface area contributed by atoms with E-state index in [1.807, 2.05) is 37.3 Å². The lowest BCUT2D eigenvalue weighted by Gasteiger charge is -2.37. The lowest BCUT2D eigenvalue weighted by atomic mass is 9.88. The van der Waals surface area contributed by atoms with Crippen molar-refractivity contribution in [1.29, 1.82) is 0 Å². The number of carbonyl (C=O) groups excluding carboxylic acids is 1. The van der Waals surface area contributed by atoms with E-state index in [2.05, 4.69) is 31.0 Å². The first kappa shape index (κ1) is 17.7. The third kappa shape index (κ3) is 4.55. The van der Waals surface area contributed by atoms with Crippen LogP contribution in [-0.2, 0) is 10.3 Å². The van der Waals surface area contributed by atoms with Crippen molar-refractivity contribution in [3.05, 3.63) is 35.9 Å². The average Bonchev–Trinajstić information content (AvgIpc) is 2.46. The van der Waals surface area contributed by atoms with Crippen molar-refractivity contribution in [2.45, 2.75) is 33.2 Å². The maximum Gasteiger partial charge on any atom is 0.243 e. The first-order valence-electron chi connectivity index (χ1n) is 7.79. The highest BCUT2D eigenvalue weighted by Gasteiger charge is 2.39. The zero-order chi connectivity index (χ0) is 15.9. The molecule has 1 amide bonds. The summed E-state index contributed by atoms with van der Waals surface area (Å²) in [5.74, 6) is 0.227. The Morgan fingerprint density at radius 1 is 1.29 bits per heavy atom. The molecule has 1 aromatic carbocycles. The number of likely N-dealkylation sites (N-methyl/N-ethyl adjacent to an activating group) is 2. The van der Waals surface area contributed by atoms with Gasteiger partial charge in [0.1, 0.15) is 5.54 Å². The number of nitrogens with one attached hydrogen (secondary N) is 1. The summed E-state index contributed by atoms with van der Waals surface area (Å²) in [7, 11) is 0. The number of benzene rings is 1. The molecule has 0 aliphatic rings. The predicted octanol–water partition coefficient (Wildman–Crippen LogP) is 1.95. The van der Waals surface area contributed by atoms with E-state index < -0.39 is 5.54 Å². The Morgan fingerprint density at radius 3 is 2.33 bits per heavy atom. The number of carbonyl (C=O) groups is 1. The molecule has 0 radical (unpaired) electrons. The molecule has 0 heterocycles. The van der Waals surface area contributed by atoms with Gasteiger partial charge >= 0.3 is 0 Å². The molecule has 1 unspecified atom stereocenters. The summed E-state index contributed by atoms with van der Waals surface area (Å²) in [6, 6.07) is 9.78. The standard InChI is InChI=1S/C17H29N3O/c1-5-19-17(16(18)21,15-10-8-7-9-11-15)13-20(6-2)12-14(3)4/h7-11,14,19H,5-6,12-13H2,1-4H3,(H2,18,21). The number of hydrogen-bond donors (Lipinski definition) is 2. The number of rotatable bonds is 9. The molecule has 1 atom stereocenters. The van der Waals surface area contributed by atoms with Crippen LogP contribution in [0.15, 0.2) is 30.3 Å². The molecule has 1 aromatic rings. The summed E-state index contributed by atoms with van der Waals surface area (Å²) in [5, 5.41) is 3.33. The SMILES string of the molecule is CCNC(CN(CC)CC(C)C)(C(N)=O)c1ccccc1. The van der Waals surface area contributed by atoms with Gasteiger partial charge in [0.15, 0.2) is 0 Å².